The largest absolute Gasteiger partial charge is 0.474 e. The van der Waals surface area contributed by atoms with Gasteiger partial charge in [0.2, 0.25) is 5.88 Å². The first-order valence-corrected chi connectivity index (χ1v) is 9.75. The van der Waals surface area contributed by atoms with E-state index in [9.17, 15) is 0 Å². The standard InChI is InChI=1S/C18H26ClN3OS/c1-6-24-10-11(2)12(3)23-17-14-8-21-16(19)7-13(14)15(9-22-17)18(4,5)20/h7-9,11-12H,6,10,20H2,1-5H3. The van der Waals surface area contributed by atoms with E-state index >= 15 is 0 Å². The molecule has 0 aliphatic heterocycles. The zero-order valence-corrected chi connectivity index (χ0v) is 16.5. The summed E-state index contributed by atoms with van der Waals surface area (Å²) in [4.78, 5) is 8.71. The zero-order chi connectivity index (χ0) is 17.9. The lowest BCUT2D eigenvalue weighted by Gasteiger charge is -2.24. The van der Waals surface area contributed by atoms with Crippen LogP contribution in [0.4, 0.5) is 0 Å². The van der Waals surface area contributed by atoms with Crippen LogP contribution in [0.1, 0.15) is 40.2 Å². The Bertz CT molecular complexity index is 702. The number of hydrogen-bond acceptors (Lipinski definition) is 5. The molecule has 4 nitrogen and oxygen atoms in total. The second kappa shape index (κ2) is 7.89. The number of ether oxygens (including phenoxy) is 1. The molecule has 0 fully saturated rings. The number of nitrogens with zero attached hydrogens (tertiary/aromatic N) is 2. The molecule has 132 valence electrons. The zero-order valence-electron chi connectivity index (χ0n) is 15.0. The molecule has 0 aromatic carbocycles. The fourth-order valence-corrected chi connectivity index (χ4v) is 3.46. The van der Waals surface area contributed by atoms with Crippen molar-refractivity contribution < 1.29 is 4.74 Å². The summed E-state index contributed by atoms with van der Waals surface area (Å²) in [6, 6.07) is 1.83. The molecule has 24 heavy (non-hydrogen) atoms. The van der Waals surface area contributed by atoms with Crippen molar-refractivity contribution in [3.8, 4) is 5.88 Å². The van der Waals surface area contributed by atoms with Crippen LogP contribution in [0, 0.1) is 5.92 Å². The van der Waals surface area contributed by atoms with Crippen molar-refractivity contribution in [3.05, 3.63) is 29.2 Å². The summed E-state index contributed by atoms with van der Waals surface area (Å²) in [6.45, 7) is 10.3. The SMILES string of the molecule is CCSCC(C)C(C)Oc1ncc(C(C)(C)N)c2cc(Cl)ncc12. The highest BCUT2D eigenvalue weighted by Crippen LogP contribution is 2.33. The molecule has 2 unspecified atom stereocenters. The van der Waals surface area contributed by atoms with Crippen LogP contribution in [-0.2, 0) is 5.54 Å². The summed E-state index contributed by atoms with van der Waals surface area (Å²) in [7, 11) is 0. The van der Waals surface area contributed by atoms with E-state index in [1.165, 1.54) is 0 Å². The third-order valence-electron chi connectivity index (χ3n) is 4.08. The molecule has 2 heterocycles. The lowest BCUT2D eigenvalue weighted by Crippen LogP contribution is -2.29. The van der Waals surface area contributed by atoms with Crippen LogP contribution in [0.5, 0.6) is 5.88 Å². The molecule has 2 atom stereocenters. The smallest absolute Gasteiger partial charge is 0.223 e. The Balaban J connectivity index is 2.39. The molecule has 0 saturated carbocycles. The van der Waals surface area contributed by atoms with Gasteiger partial charge in [-0.25, -0.2) is 9.97 Å². The normalized spacial score (nSPS) is 14.6. The quantitative estimate of drug-likeness (QED) is 0.722. The fraction of sp³-hybridized carbons (Fsp3) is 0.556. The summed E-state index contributed by atoms with van der Waals surface area (Å²) in [5, 5.41) is 2.22. The van der Waals surface area contributed by atoms with Gasteiger partial charge in [0.15, 0.2) is 0 Å². The Hall–Kier alpha value is -1.04. The molecule has 0 saturated heterocycles. The van der Waals surface area contributed by atoms with Gasteiger partial charge in [-0.05, 0) is 49.3 Å². The topological polar surface area (TPSA) is 61.0 Å². The molecule has 0 bridgehead atoms. The fourth-order valence-electron chi connectivity index (χ4n) is 2.42. The van der Waals surface area contributed by atoms with Crippen LogP contribution in [0.3, 0.4) is 0 Å². The lowest BCUT2D eigenvalue weighted by atomic mass is 9.93. The van der Waals surface area contributed by atoms with E-state index in [-0.39, 0.29) is 6.10 Å². The third-order valence-corrected chi connectivity index (χ3v) is 5.46. The first-order chi connectivity index (χ1) is 11.2. The second-order valence-electron chi connectivity index (χ2n) is 6.71. The molecular weight excluding hydrogens is 342 g/mol. The Kier molecular flexibility index (Phi) is 6.34. The highest BCUT2D eigenvalue weighted by Gasteiger charge is 2.22. The number of pyridine rings is 2. The monoisotopic (exact) mass is 367 g/mol. The first kappa shape index (κ1) is 19.3. The average Bonchev–Trinajstić information content (AvgIpc) is 2.51. The summed E-state index contributed by atoms with van der Waals surface area (Å²) in [5.74, 6) is 3.19. The van der Waals surface area contributed by atoms with Crippen molar-refractivity contribution in [1.82, 2.24) is 9.97 Å². The van der Waals surface area contributed by atoms with Gasteiger partial charge in [-0.3, -0.25) is 0 Å². The lowest BCUT2D eigenvalue weighted by molar-refractivity contribution is 0.168. The van der Waals surface area contributed by atoms with Crippen LogP contribution >= 0.6 is 23.4 Å². The van der Waals surface area contributed by atoms with Crippen LogP contribution < -0.4 is 10.5 Å². The van der Waals surface area contributed by atoms with E-state index in [4.69, 9.17) is 22.1 Å². The van der Waals surface area contributed by atoms with Crippen LogP contribution in [0.25, 0.3) is 10.8 Å². The van der Waals surface area contributed by atoms with Gasteiger partial charge >= 0.3 is 0 Å². The molecule has 0 amide bonds. The van der Waals surface area contributed by atoms with Crippen molar-refractivity contribution in [3.63, 3.8) is 0 Å². The van der Waals surface area contributed by atoms with Crippen LogP contribution in [0.15, 0.2) is 18.5 Å². The minimum atomic E-state index is -0.523. The molecule has 2 aromatic heterocycles. The average molecular weight is 368 g/mol. The van der Waals surface area contributed by atoms with Gasteiger partial charge in [-0.2, -0.15) is 11.8 Å². The van der Waals surface area contributed by atoms with E-state index in [1.54, 1.807) is 12.4 Å². The number of thioether (sulfide) groups is 1. The van der Waals surface area contributed by atoms with Crippen molar-refractivity contribution in [1.29, 1.82) is 0 Å². The minimum Gasteiger partial charge on any atom is -0.474 e. The van der Waals surface area contributed by atoms with Crippen LogP contribution in [-0.4, -0.2) is 27.6 Å². The van der Waals surface area contributed by atoms with Crippen molar-refractivity contribution in [2.45, 2.75) is 46.3 Å². The van der Waals surface area contributed by atoms with Gasteiger partial charge < -0.3 is 10.5 Å². The number of nitrogens with two attached hydrogens (primary N) is 1. The second-order valence-corrected chi connectivity index (χ2v) is 8.42. The molecule has 0 aliphatic carbocycles. The van der Waals surface area contributed by atoms with Gasteiger partial charge in [0.25, 0.3) is 0 Å². The number of rotatable bonds is 7. The summed E-state index contributed by atoms with van der Waals surface area (Å²) in [5.41, 5.74) is 6.68. The number of halogens is 1. The molecular formula is C18H26ClN3OS. The van der Waals surface area contributed by atoms with Crippen LogP contribution in [0.2, 0.25) is 5.15 Å². The number of hydrogen-bond donors (Lipinski definition) is 1. The van der Waals surface area contributed by atoms with E-state index in [0.717, 1.165) is 27.8 Å². The predicted octanol–water partition coefficient (Wildman–Crippen LogP) is 4.63. The van der Waals surface area contributed by atoms with E-state index < -0.39 is 5.54 Å². The maximum atomic E-state index is 6.28. The summed E-state index contributed by atoms with van der Waals surface area (Å²) in [6.07, 6.45) is 3.56. The van der Waals surface area contributed by atoms with Crippen molar-refractivity contribution in [2.24, 2.45) is 11.7 Å². The van der Waals surface area contributed by atoms with Crippen molar-refractivity contribution >= 4 is 34.1 Å². The van der Waals surface area contributed by atoms with Crippen molar-refractivity contribution in [2.75, 3.05) is 11.5 Å². The van der Waals surface area contributed by atoms with Gasteiger partial charge in [-0.1, -0.05) is 25.4 Å². The molecule has 0 spiro atoms. The minimum absolute atomic E-state index is 0.0622. The highest BCUT2D eigenvalue weighted by molar-refractivity contribution is 7.99. The number of aromatic nitrogens is 2. The number of fused-ring (bicyclic) bond motifs is 1. The Morgan fingerprint density at radius 1 is 1.25 bits per heavy atom. The first-order valence-electron chi connectivity index (χ1n) is 8.22. The Labute approximate surface area is 153 Å². The maximum absolute atomic E-state index is 6.28. The highest BCUT2D eigenvalue weighted by atomic mass is 35.5. The van der Waals surface area contributed by atoms with Gasteiger partial charge in [-0.15, -0.1) is 0 Å². The van der Waals surface area contributed by atoms with E-state index in [0.29, 0.717) is 17.0 Å². The molecule has 2 N–H and O–H groups in total. The molecule has 6 heteroatoms. The summed E-state index contributed by atoms with van der Waals surface area (Å²) >= 11 is 8.01. The Morgan fingerprint density at radius 3 is 2.58 bits per heavy atom. The van der Waals surface area contributed by atoms with Gasteiger partial charge in [0.1, 0.15) is 11.3 Å². The molecule has 0 radical (unpaired) electrons. The van der Waals surface area contributed by atoms with E-state index in [1.807, 2.05) is 31.7 Å². The summed E-state index contributed by atoms with van der Waals surface area (Å²) < 4.78 is 6.15. The molecule has 0 aliphatic rings. The molecule has 2 aromatic rings. The van der Waals surface area contributed by atoms with Gasteiger partial charge in [0, 0.05) is 23.9 Å². The van der Waals surface area contributed by atoms with Gasteiger partial charge in [0.05, 0.1) is 5.39 Å². The third kappa shape index (κ3) is 4.52. The maximum Gasteiger partial charge on any atom is 0.223 e. The van der Waals surface area contributed by atoms with E-state index in [2.05, 4.69) is 30.7 Å². The molecule has 2 rings (SSSR count). The predicted molar refractivity (Wildman–Crippen MR) is 104 cm³/mol. The Morgan fingerprint density at radius 2 is 1.96 bits per heavy atom.